The van der Waals surface area contributed by atoms with E-state index in [1.54, 1.807) is 12.1 Å². The van der Waals surface area contributed by atoms with Crippen LogP contribution in [0.4, 0.5) is 4.39 Å². The van der Waals surface area contributed by atoms with Gasteiger partial charge in [0.1, 0.15) is 16.8 Å². The molecule has 0 saturated heterocycles. The average Bonchev–Trinajstić information content (AvgIpc) is 2.17. The molecule has 0 bridgehead atoms. The summed E-state index contributed by atoms with van der Waals surface area (Å²) in [6, 6.07) is 4.54. The van der Waals surface area contributed by atoms with Crippen LogP contribution in [0.1, 0.15) is 26.3 Å². The maximum absolute atomic E-state index is 13.3. The minimum atomic E-state index is -1.37. The molecule has 16 heavy (non-hydrogen) atoms. The largest absolute Gasteiger partial charge is 0.234 e. The van der Waals surface area contributed by atoms with Crippen molar-refractivity contribution < 1.29 is 8.60 Å². The molecular formula is C11H13BrFNOS. The van der Waals surface area contributed by atoms with E-state index in [2.05, 4.69) is 20.3 Å². The van der Waals surface area contributed by atoms with E-state index in [0.29, 0.717) is 5.56 Å². The number of hydrogen-bond donors (Lipinski definition) is 0. The molecule has 1 rings (SSSR count). The summed E-state index contributed by atoms with van der Waals surface area (Å²) >= 11 is 3.24. The summed E-state index contributed by atoms with van der Waals surface area (Å²) in [6.45, 7) is 5.45. The molecule has 0 aromatic heterocycles. The molecule has 2 nitrogen and oxygen atoms in total. The molecule has 5 heteroatoms. The summed E-state index contributed by atoms with van der Waals surface area (Å²) in [5.74, 6) is -0.377. The van der Waals surface area contributed by atoms with E-state index in [1.807, 2.05) is 20.8 Å². The van der Waals surface area contributed by atoms with Crippen molar-refractivity contribution in [1.29, 1.82) is 0 Å². The van der Waals surface area contributed by atoms with Crippen LogP contribution in [0.3, 0.4) is 0 Å². The lowest BCUT2D eigenvalue weighted by Gasteiger charge is -2.12. The van der Waals surface area contributed by atoms with Crippen molar-refractivity contribution in [3.63, 3.8) is 0 Å². The molecule has 0 aliphatic carbocycles. The van der Waals surface area contributed by atoms with Crippen molar-refractivity contribution >= 4 is 33.1 Å². The summed E-state index contributed by atoms with van der Waals surface area (Å²) in [7, 11) is -1.37. The average molecular weight is 306 g/mol. The van der Waals surface area contributed by atoms with E-state index in [1.165, 1.54) is 12.3 Å². The standard InChI is InChI=1S/C11H13BrFNOS/c1-11(2,3)16(15)14-7-8-6-9(12)4-5-10(8)13/h4-7H,1-3H3. The van der Waals surface area contributed by atoms with Gasteiger partial charge in [-0.3, -0.25) is 0 Å². The second kappa shape index (κ2) is 5.19. The molecule has 0 aliphatic heterocycles. The number of benzene rings is 1. The number of nitrogens with zero attached hydrogens (tertiary/aromatic N) is 1. The molecule has 0 amide bonds. The molecule has 0 fully saturated rings. The van der Waals surface area contributed by atoms with Gasteiger partial charge in [0.15, 0.2) is 0 Å². The van der Waals surface area contributed by atoms with Gasteiger partial charge in [-0.15, -0.1) is 0 Å². The highest BCUT2D eigenvalue weighted by Crippen LogP contribution is 2.16. The number of halogens is 2. The minimum Gasteiger partial charge on any atom is -0.234 e. The predicted molar refractivity (Wildman–Crippen MR) is 69.6 cm³/mol. The zero-order valence-corrected chi connectivity index (χ0v) is 11.7. The Hall–Kier alpha value is -0.550. The Kier molecular flexibility index (Phi) is 4.38. The maximum atomic E-state index is 13.3. The molecule has 0 aliphatic rings. The van der Waals surface area contributed by atoms with Crippen LogP contribution in [0, 0.1) is 5.82 Å². The van der Waals surface area contributed by atoms with Crippen LogP contribution < -0.4 is 0 Å². The molecule has 0 spiro atoms. The first-order valence-electron chi connectivity index (χ1n) is 4.72. The zero-order valence-electron chi connectivity index (χ0n) is 9.33. The molecular weight excluding hydrogens is 293 g/mol. The third kappa shape index (κ3) is 3.79. The highest BCUT2D eigenvalue weighted by molar-refractivity contribution is 9.10. The summed E-state index contributed by atoms with van der Waals surface area (Å²) in [5, 5.41) is 0. The van der Waals surface area contributed by atoms with Crippen LogP contribution in [-0.4, -0.2) is 15.2 Å². The Labute approximate surface area is 106 Å². The molecule has 0 saturated carbocycles. The molecule has 0 N–H and O–H groups in total. The fraction of sp³-hybridized carbons (Fsp3) is 0.364. The van der Waals surface area contributed by atoms with Gasteiger partial charge >= 0.3 is 0 Å². The van der Waals surface area contributed by atoms with Gasteiger partial charge in [-0.05, 0) is 39.0 Å². The van der Waals surface area contributed by atoms with Gasteiger partial charge in [-0.2, -0.15) is 4.40 Å². The van der Waals surface area contributed by atoms with E-state index in [9.17, 15) is 8.60 Å². The Balaban J connectivity index is 2.93. The molecule has 0 radical (unpaired) electrons. The lowest BCUT2D eigenvalue weighted by Crippen LogP contribution is -2.19. The summed E-state index contributed by atoms with van der Waals surface area (Å²) in [5.41, 5.74) is 0.326. The predicted octanol–water partition coefficient (Wildman–Crippen LogP) is 3.47. The SMILES string of the molecule is CC(C)(C)S(=O)N=Cc1cc(Br)ccc1F. The first kappa shape index (κ1) is 13.5. The highest BCUT2D eigenvalue weighted by Gasteiger charge is 2.18. The molecule has 1 atom stereocenters. The topological polar surface area (TPSA) is 29.4 Å². The van der Waals surface area contributed by atoms with Crippen LogP contribution >= 0.6 is 15.9 Å². The van der Waals surface area contributed by atoms with Crippen molar-refractivity contribution in [3.05, 3.63) is 34.1 Å². The lowest BCUT2D eigenvalue weighted by molar-refractivity contribution is 0.625. The fourth-order valence-corrected chi connectivity index (χ4v) is 1.78. The van der Waals surface area contributed by atoms with E-state index in [-0.39, 0.29) is 5.82 Å². The third-order valence-electron chi connectivity index (χ3n) is 1.77. The van der Waals surface area contributed by atoms with Gasteiger partial charge in [-0.25, -0.2) is 8.60 Å². The van der Waals surface area contributed by atoms with Gasteiger partial charge in [0.2, 0.25) is 0 Å². The van der Waals surface area contributed by atoms with Crippen LogP contribution in [0.25, 0.3) is 0 Å². The van der Waals surface area contributed by atoms with Crippen LogP contribution in [0.2, 0.25) is 0 Å². The van der Waals surface area contributed by atoms with Crippen LogP contribution in [-0.2, 0) is 11.0 Å². The molecule has 0 heterocycles. The van der Waals surface area contributed by atoms with Gasteiger partial charge in [-0.1, -0.05) is 15.9 Å². The summed E-state index contributed by atoms with van der Waals surface area (Å²) < 4.78 is 29.1. The van der Waals surface area contributed by atoms with Crippen molar-refractivity contribution in [2.24, 2.45) is 4.40 Å². The molecule has 88 valence electrons. The first-order valence-corrected chi connectivity index (χ1v) is 6.62. The van der Waals surface area contributed by atoms with Crippen molar-refractivity contribution in [3.8, 4) is 0 Å². The van der Waals surface area contributed by atoms with Gasteiger partial charge in [0, 0.05) is 16.3 Å². The van der Waals surface area contributed by atoms with Crippen molar-refractivity contribution in [1.82, 2.24) is 0 Å². The maximum Gasteiger partial charge on any atom is 0.144 e. The van der Waals surface area contributed by atoms with Gasteiger partial charge in [0.05, 0.1) is 4.75 Å². The van der Waals surface area contributed by atoms with Crippen LogP contribution in [0.15, 0.2) is 27.1 Å². The highest BCUT2D eigenvalue weighted by atomic mass is 79.9. The smallest absolute Gasteiger partial charge is 0.144 e. The van der Waals surface area contributed by atoms with Crippen LogP contribution in [0.5, 0.6) is 0 Å². The molecule has 1 aromatic rings. The van der Waals surface area contributed by atoms with Gasteiger partial charge in [0.25, 0.3) is 0 Å². The Morgan fingerprint density at radius 1 is 1.44 bits per heavy atom. The summed E-state index contributed by atoms with van der Waals surface area (Å²) in [6.07, 6.45) is 1.31. The molecule has 1 aromatic carbocycles. The Morgan fingerprint density at radius 2 is 2.06 bits per heavy atom. The lowest BCUT2D eigenvalue weighted by atomic mass is 10.2. The van der Waals surface area contributed by atoms with Crippen molar-refractivity contribution in [2.75, 3.05) is 0 Å². The normalized spacial score (nSPS) is 14.3. The Bertz CT molecular complexity index is 440. The third-order valence-corrected chi connectivity index (χ3v) is 3.61. The minimum absolute atomic E-state index is 0.326. The van der Waals surface area contributed by atoms with E-state index in [0.717, 1.165) is 4.47 Å². The van der Waals surface area contributed by atoms with E-state index in [4.69, 9.17) is 0 Å². The van der Waals surface area contributed by atoms with E-state index >= 15 is 0 Å². The monoisotopic (exact) mass is 305 g/mol. The second-order valence-corrected chi connectivity index (χ2v) is 7.11. The Morgan fingerprint density at radius 3 is 2.62 bits per heavy atom. The summed E-state index contributed by atoms with van der Waals surface area (Å²) in [4.78, 5) is 0. The number of hydrogen-bond acceptors (Lipinski definition) is 1. The van der Waals surface area contributed by atoms with Crippen molar-refractivity contribution in [2.45, 2.75) is 25.5 Å². The van der Waals surface area contributed by atoms with E-state index < -0.39 is 15.7 Å². The first-order chi connectivity index (χ1) is 7.30. The second-order valence-electron chi connectivity index (χ2n) is 4.26. The van der Waals surface area contributed by atoms with Gasteiger partial charge < -0.3 is 0 Å². The number of rotatable bonds is 2. The molecule has 1 unspecified atom stereocenters. The fourth-order valence-electron chi connectivity index (χ4n) is 0.876. The quantitative estimate of drug-likeness (QED) is 0.769. The zero-order chi connectivity index (χ0) is 12.3.